The number of hydrogen-bond donors (Lipinski definition) is 0. The number of aliphatic imine (C=N–C) groups is 1. The van der Waals surface area contributed by atoms with Crippen LogP contribution >= 0.6 is 0 Å². The van der Waals surface area contributed by atoms with E-state index < -0.39 is 0 Å². The van der Waals surface area contributed by atoms with E-state index in [4.69, 9.17) is 4.42 Å². The molecule has 1 aromatic heterocycles. The molecule has 74 valence electrons. The third-order valence-electron chi connectivity index (χ3n) is 1.99. The normalized spacial score (nSPS) is 9.60. The molecule has 4 heteroatoms. The lowest BCUT2D eigenvalue weighted by Gasteiger charge is -2.01. The maximum atomic E-state index is 10.0. The van der Waals surface area contributed by atoms with Gasteiger partial charge in [-0.2, -0.15) is 0 Å². The van der Waals surface area contributed by atoms with Gasteiger partial charge in [0.15, 0.2) is 0 Å². The fourth-order valence-corrected chi connectivity index (χ4v) is 1.34. The highest BCUT2D eigenvalue weighted by Crippen LogP contribution is 2.22. The second kappa shape index (κ2) is 4.35. The first kappa shape index (κ1) is 9.37. The lowest BCUT2D eigenvalue weighted by atomic mass is 10.1. The van der Waals surface area contributed by atoms with Gasteiger partial charge >= 0.3 is 0 Å². The van der Waals surface area contributed by atoms with Gasteiger partial charge in [0.1, 0.15) is 6.26 Å². The third kappa shape index (κ3) is 2.00. The third-order valence-corrected chi connectivity index (χ3v) is 1.99. The van der Waals surface area contributed by atoms with Crippen molar-refractivity contribution in [2.24, 2.45) is 4.99 Å². The van der Waals surface area contributed by atoms with Gasteiger partial charge in [-0.05, 0) is 11.6 Å². The van der Waals surface area contributed by atoms with Crippen LogP contribution in [0.15, 0.2) is 46.1 Å². The Hall–Kier alpha value is -2.19. The standard InChI is InChI=1S/C11H8N2O2/c14-8-12-7-9-3-1-2-4-10(9)11-13-5-6-15-11/h1-6H,7H2. The maximum absolute atomic E-state index is 10.0. The van der Waals surface area contributed by atoms with Crippen LogP contribution in [0.2, 0.25) is 0 Å². The lowest BCUT2D eigenvalue weighted by molar-refractivity contribution is 0.562. The molecule has 0 atom stereocenters. The zero-order chi connectivity index (χ0) is 10.5. The van der Waals surface area contributed by atoms with Crippen LogP contribution in [-0.2, 0) is 11.3 Å². The van der Waals surface area contributed by atoms with E-state index in [2.05, 4.69) is 9.98 Å². The molecule has 2 rings (SSSR count). The molecular formula is C11H8N2O2. The minimum Gasteiger partial charge on any atom is -0.445 e. The van der Waals surface area contributed by atoms with Crippen LogP contribution in [0.3, 0.4) is 0 Å². The largest absolute Gasteiger partial charge is 0.445 e. The van der Waals surface area contributed by atoms with E-state index in [1.807, 2.05) is 24.3 Å². The summed E-state index contributed by atoms with van der Waals surface area (Å²) in [6.45, 7) is 0.294. The van der Waals surface area contributed by atoms with E-state index >= 15 is 0 Å². The van der Waals surface area contributed by atoms with Crippen molar-refractivity contribution in [1.82, 2.24) is 4.98 Å². The van der Waals surface area contributed by atoms with Crippen molar-refractivity contribution in [3.63, 3.8) is 0 Å². The molecule has 15 heavy (non-hydrogen) atoms. The summed E-state index contributed by atoms with van der Waals surface area (Å²) in [7, 11) is 0. The molecule has 0 saturated carbocycles. The van der Waals surface area contributed by atoms with E-state index in [9.17, 15) is 4.79 Å². The van der Waals surface area contributed by atoms with Gasteiger partial charge in [-0.15, -0.1) is 0 Å². The highest BCUT2D eigenvalue weighted by atomic mass is 16.3. The molecule has 0 N–H and O–H groups in total. The van der Waals surface area contributed by atoms with Crippen molar-refractivity contribution >= 4 is 6.08 Å². The van der Waals surface area contributed by atoms with E-state index in [0.717, 1.165) is 11.1 Å². The molecule has 0 aliphatic rings. The second-order valence-electron chi connectivity index (χ2n) is 2.90. The molecule has 0 aliphatic carbocycles. The molecular weight excluding hydrogens is 192 g/mol. The lowest BCUT2D eigenvalue weighted by Crippen LogP contribution is -1.87. The van der Waals surface area contributed by atoms with Gasteiger partial charge in [0.05, 0.1) is 12.7 Å². The Balaban J connectivity index is 2.42. The van der Waals surface area contributed by atoms with Crippen LogP contribution in [0.1, 0.15) is 5.56 Å². The molecule has 0 saturated heterocycles. The summed E-state index contributed by atoms with van der Waals surface area (Å²) < 4.78 is 5.19. The van der Waals surface area contributed by atoms with Crippen LogP contribution in [0.25, 0.3) is 11.5 Å². The van der Waals surface area contributed by atoms with Crippen molar-refractivity contribution in [3.05, 3.63) is 42.3 Å². The quantitative estimate of drug-likeness (QED) is 0.563. The van der Waals surface area contributed by atoms with Crippen molar-refractivity contribution in [3.8, 4) is 11.5 Å². The topological polar surface area (TPSA) is 55.5 Å². The average Bonchev–Trinajstić information content (AvgIpc) is 2.80. The van der Waals surface area contributed by atoms with E-state index in [0.29, 0.717) is 12.4 Å². The summed E-state index contributed by atoms with van der Waals surface area (Å²) >= 11 is 0. The van der Waals surface area contributed by atoms with Gasteiger partial charge in [-0.25, -0.2) is 14.8 Å². The number of carbonyl (C=O) groups excluding carboxylic acids is 1. The first-order chi connectivity index (χ1) is 7.42. The zero-order valence-corrected chi connectivity index (χ0v) is 7.88. The molecule has 0 unspecified atom stereocenters. The number of nitrogens with zero attached hydrogens (tertiary/aromatic N) is 2. The summed E-state index contributed by atoms with van der Waals surface area (Å²) in [6.07, 6.45) is 4.60. The predicted octanol–water partition coefficient (Wildman–Crippen LogP) is 2.18. The van der Waals surface area contributed by atoms with E-state index in [-0.39, 0.29) is 0 Å². The summed E-state index contributed by atoms with van der Waals surface area (Å²) in [5.74, 6) is 0.534. The van der Waals surface area contributed by atoms with Crippen molar-refractivity contribution in [2.75, 3.05) is 0 Å². The Morgan fingerprint density at radius 1 is 1.40 bits per heavy atom. The second-order valence-corrected chi connectivity index (χ2v) is 2.90. The highest BCUT2D eigenvalue weighted by molar-refractivity contribution is 5.58. The van der Waals surface area contributed by atoms with Gasteiger partial charge in [0.25, 0.3) is 0 Å². The van der Waals surface area contributed by atoms with Gasteiger partial charge < -0.3 is 4.42 Å². The first-order valence-corrected chi connectivity index (χ1v) is 4.43. The van der Waals surface area contributed by atoms with Gasteiger partial charge in [0.2, 0.25) is 12.0 Å². The Bertz CT molecular complexity index is 485. The van der Waals surface area contributed by atoms with Crippen LogP contribution < -0.4 is 0 Å². The molecule has 1 aromatic carbocycles. The Morgan fingerprint density at radius 3 is 3.00 bits per heavy atom. The van der Waals surface area contributed by atoms with Gasteiger partial charge in [-0.1, -0.05) is 18.2 Å². The fraction of sp³-hybridized carbons (Fsp3) is 0.0909. The Kier molecular flexibility index (Phi) is 2.72. The van der Waals surface area contributed by atoms with E-state index in [1.165, 1.54) is 12.3 Å². The van der Waals surface area contributed by atoms with Gasteiger partial charge in [-0.3, -0.25) is 0 Å². The van der Waals surface area contributed by atoms with Crippen LogP contribution in [0.4, 0.5) is 0 Å². The van der Waals surface area contributed by atoms with Crippen molar-refractivity contribution < 1.29 is 9.21 Å². The summed E-state index contributed by atoms with van der Waals surface area (Å²) in [6, 6.07) is 7.51. The highest BCUT2D eigenvalue weighted by Gasteiger charge is 2.07. The smallest absolute Gasteiger partial charge is 0.235 e. The van der Waals surface area contributed by atoms with Gasteiger partial charge in [0, 0.05) is 5.56 Å². The minimum absolute atomic E-state index is 0.294. The summed E-state index contributed by atoms with van der Waals surface area (Å²) in [5.41, 5.74) is 1.74. The summed E-state index contributed by atoms with van der Waals surface area (Å²) in [4.78, 5) is 17.6. The van der Waals surface area contributed by atoms with Crippen LogP contribution in [-0.4, -0.2) is 11.1 Å². The molecule has 2 aromatic rings. The number of rotatable bonds is 3. The first-order valence-electron chi connectivity index (χ1n) is 4.43. The number of aromatic nitrogens is 1. The molecule has 0 spiro atoms. The fourth-order valence-electron chi connectivity index (χ4n) is 1.34. The molecule has 0 fully saturated rings. The summed E-state index contributed by atoms with van der Waals surface area (Å²) in [5, 5.41) is 0. The maximum Gasteiger partial charge on any atom is 0.235 e. The van der Waals surface area contributed by atoms with Crippen LogP contribution in [0.5, 0.6) is 0 Å². The average molecular weight is 200 g/mol. The number of hydrogen-bond acceptors (Lipinski definition) is 4. The van der Waals surface area contributed by atoms with Crippen molar-refractivity contribution in [1.29, 1.82) is 0 Å². The zero-order valence-electron chi connectivity index (χ0n) is 7.88. The number of oxazole rings is 1. The molecule has 0 radical (unpaired) electrons. The van der Waals surface area contributed by atoms with Crippen molar-refractivity contribution in [2.45, 2.75) is 6.54 Å². The number of benzene rings is 1. The van der Waals surface area contributed by atoms with Crippen LogP contribution in [0, 0.1) is 0 Å². The number of isocyanates is 1. The predicted molar refractivity (Wildman–Crippen MR) is 53.8 cm³/mol. The monoisotopic (exact) mass is 200 g/mol. The van der Waals surface area contributed by atoms with E-state index in [1.54, 1.807) is 6.20 Å². The minimum atomic E-state index is 0.294. The Morgan fingerprint density at radius 2 is 2.27 bits per heavy atom. The SMILES string of the molecule is O=C=NCc1ccccc1-c1ncco1. The molecule has 4 nitrogen and oxygen atoms in total. The Labute approximate surface area is 86.3 Å². The molecule has 0 aliphatic heterocycles. The molecule has 0 bridgehead atoms. The molecule has 0 amide bonds. The molecule has 1 heterocycles.